The number of rotatable bonds is 6. The summed E-state index contributed by atoms with van der Waals surface area (Å²) < 4.78 is 0. The molecule has 0 radical (unpaired) electrons. The normalized spacial score (nSPS) is 13.0. The molecular formula is C15H23NO3S. The number of hydrogen-bond donors (Lipinski definition) is 2. The second-order valence-electron chi connectivity index (χ2n) is 6.15. The Bertz CT molecular complexity index is 474. The van der Waals surface area contributed by atoms with Crippen LogP contribution >= 0.6 is 11.3 Å². The van der Waals surface area contributed by atoms with Crippen molar-refractivity contribution in [1.29, 1.82) is 0 Å². The van der Waals surface area contributed by atoms with Gasteiger partial charge in [-0.15, -0.1) is 11.3 Å². The summed E-state index contributed by atoms with van der Waals surface area (Å²) in [5.41, 5.74) is -0.0303. The molecule has 0 aliphatic heterocycles. The van der Waals surface area contributed by atoms with Gasteiger partial charge in [0.25, 0.3) is 5.91 Å². The van der Waals surface area contributed by atoms with E-state index < -0.39 is 5.97 Å². The van der Waals surface area contributed by atoms with Crippen molar-refractivity contribution in [3.8, 4) is 0 Å². The Morgan fingerprint density at radius 2 is 2.00 bits per heavy atom. The van der Waals surface area contributed by atoms with Crippen molar-refractivity contribution < 1.29 is 14.7 Å². The lowest BCUT2D eigenvalue weighted by atomic mass is 9.87. The number of hydrogen-bond acceptors (Lipinski definition) is 3. The highest BCUT2D eigenvalue weighted by Gasteiger charge is 2.23. The summed E-state index contributed by atoms with van der Waals surface area (Å²) >= 11 is 1.46. The second-order valence-corrected chi connectivity index (χ2v) is 7.32. The number of thiophene rings is 1. The van der Waals surface area contributed by atoms with Crippen LogP contribution in [-0.2, 0) is 11.2 Å². The molecule has 0 aliphatic rings. The van der Waals surface area contributed by atoms with Gasteiger partial charge in [0.15, 0.2) is 0 Å². The van der Waals surface area contributed by atoms with Gasteiger partial charge in [-0.2, -0.15) is 0 Å². The van der Waals surface area contributed by atoms with E-state index >= 15 is 0 Å². The predicted molar refractivity (Wildman–Crippen MR) is 81.3 cm³/mol. The van der Waals surface area contributed by atoms with Crippen molar-refractivity contribution in [3.05, 3.63) is 21.9 Å². The molecule has 1 heterocycles. The van der Waals surface area contributed by atoms with E-state index in [0.717, 1.165) is 11.3 Å². The quantitative estimate of drug-likeness (QED) is 0.846. The van der Waals surface area contributed by atoms with E-state index in [1.165, 1.54) is 11.3 Å². The van der Waals surface area contributed by atoms with E-state index in [9.17, 15) is 9.59 Å². The van der Waals surface area contributed by atoms with Crippen LogP contribution in [0.25, 0.3) is 0 Å². The van der Waals surface area contributed by atoms with Crippen LogP contribution in [0.15, 0.2) is 12.1 Å². The largest absolute Gasteiger partial charge is 0.481 e. The topological polar surface area (TPSA) is 66.4 Å². The van der Waals surface area contributed by atoms with Crippen LogP contribution in [0.1, 0.15) is 55.1 Å². The SMILES string of the molecule is CCc1ccc(C(=O)NC(CC(=O)O)CC(C)(C)C)s1. The summed E-state index contributed by atoms with van der Waals surface area (Å²) in [4.78, 5) is 24.9. The third-order valence-corrected chi connectivity index (χ3v) is 4.08. The number of carboxylic acids is 1. The van der Waals surface area contributed by atoms with Crippen LogP contribution < -0.4 is 5.32 Å². The van der Waals surface area contributed by atoms with Gasteiger partial charge in [0.05, 0.1) is 11.3 Å². The molecule has 1 aromatic heterocycles. The maximum absolute atomic E-state index is 12.2. The number of aliphatic carboxylic acids is 1. The van der Waals surface area contributed by atoms with Crippen LogP contribution in [-0.4, -0.2) is 23.0 Å². The lowest BCUT2D eigenvalue weighted by Crippen LogP contribution is -2.38. The lowest BCUT2D eigenvalue weighted by molar-refractivity contribution is -0.137. The van der Waals surface area contributed by atoms with Gasteiger partial charge in [-0.3, -0.25) is 9.59 Å². The monoisotopic (exact) mass is 297 g/mol. The Kier molecular flexibility index (Phi) is 5.74. The Morgan fingerprint density at radius 3 is 2.45 bits per heavy atom. The van der Waals surface area contributed by atoms with Crippen LogP contribution in [0.4, 0.5) is 0 Å². The molecule has 1 aromatic rings. The molecule has 1 amide bonds. The maximum atomic E-state index is 12.2. The molecule has 5 heteroatoms. The molecule has 20 heavy (non-hydrogen) atoms. The first-order valence-electron chi connectivity index (χ1n) is 6.82. The fourth-order valence-corrected chi connectivity index (χ4v) is 2.92. The van der Waals surface area contributed by atoms with Crippen molar-refractivity contribution in [2.45, 2.75) is 53.0 Å². The van der Waals surface area contributed by atoms with Gasteiger partial charge in [-0.1, -0.05) is 27.7 Å². The van der Waals surface area contributed by atoms with E-state index in [1.807, 2.05) is 33.8 Å². The average Bonchev–Trinajstić information content (AvgIpc) is 2.73. The summed E-state index contributed by atoms with van der Waals surface area (Å²) in [5, 5.41) is 11.8. The Labute approximate surface area is 124 Å². The first kappa shape index (κ1) is 16.7. The minimum Gasteiger partial charge on any atom is -0.481 e. The number of aryl methyl sites for hydroxylation is 1. The Balaban J connectivity index is 2.72. The van der Waals surface area contributed by atoms with Crippen molar-refractivity contribution in [2.75, 3.05) is 0 Å². The Morgan fingerprint density at radius 1 is 1.35 bits per heavy atom. The molecular weight excluding hydrogens is 274 g/mol. The van der Waals surface area contributed by atoms with E-state index in [1.54, 1.807) is 6.07 Å². The summed E-state index contributed by atoms with van der Waals surface area (Å²) in [6.45, 7) is 8.15. The first-order chi connectivity index (χ1) is 9.21. The fraction of sp³-hybridized carbons (Fsp3) is 0.600. The van der Waals surface area contributed by atoms with Gasteiger partial charge >= 0.3 is 5.97 Å². The lowest BCUT2D eigenvalue weighted by Gasteiger charge is -2.25. The standard InChI is InChI=1S/C15H23NO3S/c1-5-11-6-7-12(20-11)14(19)16-10(8-13(17)18)9-15(2,3)4/h6-7,10H,5,8-9H2,1-4H3,(H,16,19)(H,17,18). The fourth-order valence-electron chi connectivity index (χ4n) is 2.07. The third kappa shape index (κ3) is 5.74. The second kappa shape index (κ2) is 6.88. The van der Waals surface area contributed by atoms with Crippen molar-refractivity contribution >= 4 is 23.2 Å². The van der Waals surface area contributed by atoms with E-state index in [4.69, 9.17) is 5.11 Å². The summed E-state index contributed by atoms with van der Waals surface area (Å²) in [5.74, 6) is -1.06. The molecule has 2 N–H and O–H groups in total. The van der Waals surface area contributed by atoms with Crippen LogP contribution in [0.5, 0.6) is 0 Å². The van der Waals surface area contributed by atoms with Crippen molar-refractivity contribution in [2.24, 2.45) is 5.41 Å². The van der Waals surface area contributed by atoms with Gasteiger partial charge in [0, 0.05) is 10.9 Å². The zero-order valence-corrected chi connectivity index (χ0v) is 13.3. The molecule has 0 aromatic carbocycles. The van der Waals surface area contributed by atoms with Crippen LogP contribution in [0.3, 0.4) is 0 Å². The molecule has 1 atom stereocenters. The highest BCUT2D eigenvalue weighted by atomic mass is 32.1. The highest BCUT2D eigenvalue weighted by Crippen LogP contribution is 2.23. The summed E-state index contributed by atoms with van der Waals surface area (Å²) in [6, 6.07) is 3.40. The van der Waals surface area contributed by atoms with Gasteiger partial charge in [0.2, 0.25) is 0 Å². The third-order valence-electron chi connectivity index (χ3n) is 2.85. The molecule has 0 aliphatic carbocycles. The number of carbonyl (C=O) groups excluding carboxylic acids is 1. The van der Waals surface area contributed by atoms with Gasteiger partial charge in [-0.05, 0) is 30.4 Å². The van der Waals surface area contributed by atoms with Gasteiger partial charge < -0.3 is 10.4 Å². The molecule has 112 valence electrons. The zero-order valence-electron chi connectivity index (χ0n) is 12.5. The van der Waals surface area contributed by atoms with Gasteiger partial charge in [0.1, 0.15) is 0 Å². The molecule has 0 spiro atoms. The molecule has 4 nitrogen and oxygen atoms in total. The van der Waals surface area contributed by atoms with Crippen molar-refractivity contribution in [1.82, 2.24) is 5.32 Å². The molecule has 1 unspecified atom stereocenters. The van der Waals surface area contributed by atoms with E-state index in [2.05, 4.69) is 5.32 Å². The minimum absolute atomic E-state index is 0.0303. The minimum atomic E-state index is -0.889. The Hall–Kier alpha value is -1.36. The van der Waals surface area contributed by atoms with E-state index in [0.29, 0.717) is 11.3 Å². The summed E-state index contributed by atoms with van der Waals surface area (Å²) in [6.07, 6.45) is 1.49. The van der Waals surface area contributed by atoms with Crippen molar-refractivity contribution in [3.63, 3.8) is 0 Å². The summed E-state index contributed by atoms with van der Waals surface area (Å²) in [7, 11) is 0. The van der Waals surface area contributed by atoms with Crippen LogP contribution in [0.2, 0.25) is 0 Å². The number of carboxylic acid groups (broad SMARTS) is 1. The number of nitrogens with one attached hydrogen (secondary N) is 1. The number of amides is 1. The molecule has 0 bridgehead atoms. The maximum Gasteiger partial charge on any atom is 0.305 e. The zero-order chi connectivity index (χ0) is 15.3. The highest BCUT2D eigenvalue weighted by molar-refractivity contribution is 7.14. The molecule has 0 saturated carbocycles. The first-order valence-corrected chi connectivity index (χ1v) is 7.64. The van der Waals surface area contributed by atoms with E-state index in [-0.39, 0.29) is 23.8 Å². The molecule has 0 saturated heterocycles. The molecule has 1 rings (SSSR count). The molecule has 0 fully saturated rings. The van der Waals surface area contributed by atoms with Crippen LogP contribution in [0, 0.1) is 5.41 Å². The average molecular weight is 297 g/mol. The smallest absolute Gasteiger partial charge is 0.305 e. The number of carbonyl (C=O) groups is 2. The van der Waals surface area contributed by atoms with Gasteiger partial charge in [-0.25, -0.2) is 0 Å². The predicted octanol–water partition coefficient (Wildman–Crippen LogP) is 3.32.